The van der Waals surface area contributed by atoms with Gasteiger partial charge in [-0.15, -0.1) is 0 Å². The van der Waals surface area contributed by atoms with Gasteiger partial charge in [-0.1, -0.05) is 12.2 Å². The second kappa shape index (κ2) is 7.28. The van der Waals surface area contributed by atoms with Crippen LogP contribution < -0.4 is 0 Å². The van der Waals surface area contributed by atoms with E-state index in [1.165, 1.54) is 0 Å². The van der Waals surface area contributed by atoms with Crippen molar-refractivity contribution < 1.29 is 23.8 Å². The molecule has 0 aliphatic carbocycles. The zero-order chi connectivity index (χ0) is 14.3. The predicted molar refractivity (Wildman–Crippen MR) is 69.5 cm³/mol. The fourth-order valence-corrected chi connectivity index (χ4v) is 1.93. The highest BCUT2D eigenvalue weighted by Gasteiger charge is 2.51. The Labute approximate surface area is 113 Å². The lowest BCUT2D eigenvalue weighted by Crippen LogP contribution is -2.43. The lowest BCUT2D eigenvalue weighted by molar-refractivity contribution is -0.173. The summed E-state index contributed by atoms with van der Waals surface area (Å²) in [5, 5.41) is 0. The third-order valence-electron chi connectivity index (χ3n) is 3.01. The van der Waals surface area contributed by atoms with E-state index >= 15 is 0 Å². The van der Waals surface area contributed by atoms with Crippen molar-refractivity contribution in [2.75, 3.05) is 19.8 Å². The van der Waals surface area contributed by atoms with Gasteiger partial charge >= 0.3 is 11.9 Å². The molecular formula is C14H22O5. The van der Waals surface area contributed by atoms with Crippen molar-refractivity contribution in [3.63, 3.8) is 0 Å². The molecule has 0 N–H and O–H groups in total. The van der Waals surface area contributed by atoms with Gasteiger partial charge in [-0.05, 0) is 27.2 Å². The molecule has 1 atom stereocenters. The second-order valence-corrected chi connectivity index (χ2v) is 4.46. The van der Waals surface area contributed by atoms with Crippen molar-refractivity contribution in [3.8, 4) is 0 Å². The van der Waals surface area contributed by atoms with E-state index in [0.29, 0.717) is 13.0 Å². The van der Waals surface area contributed by atoms with Crippen LogP contribution in [-0.2, 0) is 23.8 Å². The Hall–Kier alpha value is -1.36. The molecule has 5 heteroatoms. The molecule has 1 aliphatic rings. The summed E-state index contributed by atoms with van der Waals surface area (Å²) in [7, 11) is 0. The molecule has 1 fully saturated rings. The van der Waals surface area contributed by atoms with Crippen molar-refractivity contribution >= 4 is 11.9 Å². The minimum atomic E-state index is -1.28. The van der Waals surface area contributed by atoms with Crippen molar-refractivity contribution in [1.29, 1.82) is 0 Å². The van der Waals surface area contributed by atoms with Gasteiger partial charge in [0.05, 0.1) is 25.9 Å². The van der Waals surface area contributed by atoms with Crippen molar-refractivity contribution in [1.82, 2.24) is 0 Å². The van der Waals surface area contributed by atoms with Crippen LogP contribution in [-0.4, -0.2) is 37.9 Å². The summed E-state index contributed by atoms with van der Waals surface area (Å²) >= 11 is 0. The first kappa shape index (κ1) is 15.7. The predicted octanol–water partition coefficient (Wildman–Crippen LogP) is 1.85. The zero-order valence-corrected chi connectivity index (χ0v) is 11.8. The Bertz CT molecular complexity index is 326. The standard InChI is InChI=1S/C14H22O5/c1-4-7-8-14(9-11-10-19-11,12(15)17-5-2)13(16)18-6-3/h4,7,11H,5-6,8-10H2,1-3H3/b7-4+. The van der Waals surface area contributed by atoms with Crippen LogP contribution in [0.1, 0.15) is 33.6 Å². The molecule has 0 bridgehead atoms. The number of carbonyl (C=O) groups excluding carboxylic acids is 2. The molecule has 1 aliphatic heterocycles. The smallest absolute Gasteiger partial charge is 0.323 e. The number of hydrogen-bond acceptors (Lipinski definition) is 5. The summed E-state index contributed by atoms with van der Waals surface area (Å²) in [4.78, 5) is 24.5. The summed E-state index contributed by atoms with van der Waals surface area (Å²) < 4.78 is 15.3. The van der Waals surface area contributed by atoms with E-state index in [1.54, 1.807) is 26.0 Å². The third-order valence-corrected chi connectivity index (χ3v) is 3.01. The molecule has 0 radical (unpaired) electrons. The van der Waals surface area contributed by atoms with Gasteiger partial charge in [-0.25, -0.2) is 0 Å². The molecule has 1 unspecified atom stereocenters. The van der Waals surface area contributed by atoms with E-state index in [0.717, 1.165) is 0 Å². The van der Waals surface area contributed by atoms with Crippen LogP contribution in [0.5, 0.6) is 0 Å². The average Bonchev–Trinajstić information content (AvgIpc) is 3.18. The van der Waals surface area contributed by atoms with Gasteiger partial charge in [0.15, 0.2) is 5.41 Å². The van der Waals surface area contributed by atoms with Gasteiger partial charge in [0.1, 0.15) is 0 Å². The van der Waals surface area contributed by atoms with Crippen LogP contribution in [0.2, 0.25) is 0 Å². The number of allylic oxidation sites excluding steroid dienone is 2. The van der Waals surface area contributed by atoms with E-state index in [1.807, 2.05) is 6.92 Å². The van der Waals surface area contributed by atoms with Crippen LogP contribution in [0, 0.1) is 5.41 Å². The molecule has 1 heterocycles. The fraction of sp³-hybridized carbons (Fsp3) is 0.714. The molecule has 0 amide bonds. The SMILES string of the molecule is C/C=C/CC(CC1CO1)(C(=O)OCC)C(=O)OCC. The molecule has 19 heavy (non-hydrogen) atoms. The van der Waals surface area contributed by atoms with Gasteiger partial charge in [0, 0.05) is 6.42 Å². The van der Waals surface area contributed by atoms with Crippen molar-refractivity contribution in [2.45, 2.75) is 39.7 Å². The first-order valence-electron chi connectivity index (χ1n) is 6.67. The zero-order valence-electron chi connectivity index (χ0n) is 11.8. The maximum absolute atomic E-state index is 12.2. The van der Waals surface area contributed by atoms with Crippen molar-refractivity contribution in [2.24, 2.45) is 5.41 Å². The maximum Gasteiger partial charge on any atom is 0.323 e. The van der Waals surface area contributed by atoms with Gasteiger partial charge < -0.3 is 14.2 Å². The van der Waals surface area contributed by atoms with Gasteiger partial charge in [0.25, 0.3) is 0 Å². The molecule has 0 aromatic carbocycles. The van der Waals surface area contributed by atoms with Crippen LogP contribution in [0.4, 0.5) is 0 Å². The molecule has 0 spiro atoms. The number of carbonyl (C=O) groups is 2. The van der Waals surface area contributed by atoms with E-state index in [2.05, 4.69) is 0 Å². The number of rotatable bonds is 8. The lowest BCUT2D eigenvalue weighted by atomic mass is 9.79. The normalized spacial score (nSPS) is 18.4. The average molecular weight is 270 g/mol. The number of hydrogen-bond donors (Lipinski definition) is 0. The van der Waals surface area contributed by atoms with Gasteiger partial charge in [-0.3, -0.25) is 9.59 Å². The lowest BCUT2D eigenvalue weighted by Gasteiger charge is -2.27. The van der Waals surface area contributed by atoms with Crippen LogP contribution in [0.3, 0.4) is 0 Å². The van der Waals surface area contributed by atoms with Crippen LogP contribution in [0.25, 0.3) is 0 Å². The monoisotopic (exact) mass is 270 g/mol. The quantitative estimate of drug-likeness (QED) is 0.291. The first-order chi connectivity index (χ1) is 9.10. The minimum Gasteiger partial charge on any atom is -0.465 e. The highest BCUT2D eigenvalue weighted by Crippen LogP contribution is 2.36. The van der Waals surface area contributed by atoms with Gasteiger partial charge in [0.2, 0.25) is 0 Å². The Morgan fingerprint density at radius 1 is 1.26 bits per heavy atom. The molecule has 0 saturated carbocycles. The Morgan fingerprint density at radius 2 is 1.79 bits per heavy atom. The summed E-state index contributed by atoms with van der Waals surface area (Å²) in [6, 6.07) is 0. The minimum absolute atomic E-state index is 0.0564. The first-order valence-corrected chi connectivity index (χ1v) is 6.67. The Morgan fingerprint density at radius 3 is 2.16 bits per heavy atom. The highest BCUT2D eigenvalue weighted by atomic mass is 16.6. The van der Waals surface area contributed by atoms with Crippen molar-refractivity contribution in [3.05, 3.63) is 12.2 Å². The highest BCUT2D eigenvalue weighted by molar-refractivity contribution is 6.00. The Balaban J connectivity index is 2.98. The van der Waals surface area contributed by atoms with E-state index < -0.39 is 17.4 Å². The third kappa shape index (κ3) is 4.06. The number of ether oxygens (including phenoxy) is 3. The molecule has 108 valence electrons. The van der Waals surface area contributed by atoms with E-state index in [-0.39, 0.29) is 25.7 Å². The van der Waals surface area contributed by atoms with Crippen LogP contribution >= 0.6 is 0 Å². The Kier molecular flexibility index (Phi) is 6.02. The van der Waals surface area contributed by atoms with E-state index in [9.17, 15) is 9.59 Å². The summed E-state index contributed by atoms with van der Waals surface area (Å²) in [5.74, 6) is -1.05. The number of epoxide rings is 1. The fourth-order valence-electron chi connectivity index (χ4n) is 1.93. The summed E-state index contributed by atoms with van der Waals surface area (Å²) in [6.45, 7) is 6.34. The topological polar surface area (TPSA) is 65.1 Å². The van der Waals surface area contributed by atoms with Gasteiger partial charge in [-0.2, -0.15) is 0 Å². The summed E-state index contributed by atoms with van der Waals surface area (Å²) in [5.41, 5.74) is -1.28. The summed E-state index contributed by atoms with van der Waals surface area (Å²) in [6.07, 6.45) is 4.13. The molecule has 0 aromatic rings. The molecule has 0 aromatic heterocycles. The maximum atomic E-state index is 12.2. The molecular weight excluding hydrogens is 248 g/mol. The van der Waals surface area contributed by atoms with E-state index in [4.69, 9.17) is 14.2 Å². The second-order valence-electron chi connectivity index (χ2n) is 4.46. The number of esters is 2. The van der Waals surface area contributed by atoms with Crippen LogP contribution in [0.15, 0.2) is 12.2 Å². The molecule has 5 nitrogen and oxygen atoms in total. The largest absolute Gasteiger partial charge is 0.465 e. The molecule has 1 rings (SSSR count). The molecule has 1 saturated heterocycles.